The summed E-state index contributed by atoms with van der Waals surface area (Å²) in [6.45, 7) is 3.96. The fourth-order valence-electron chi connectivity index (χ4n) is 2.24. The highest BCUT2D eigenvalue weighted by Crippen LogP contribution is 2.44. The summed E-state index contributed by atoms with van der Waals surface area (Å²) in [4.78, 5) is 0. The number of aliphatic hydroxyl groups is 1. The minimum atomic E-state index is -0.787. The Morgan fingerprint density at radius 1 is 1.38 bits per heavy atom. The van der Waals surface area contributed by atoms with Gasteiger partial charge in [0.2, 0.25) is 0 Å². The molecule has 16 heavy (non-hydrogen) atoms. The predicted octanol–water partition coefficient (Wildman–Crippen LogP) is 1.78. The Hall–Kier alpha value is -1.06. The van der Waals surface area contributed by atoms with Crippen LogP contribution in [0, 0.1) is 0 Å². The molecule has 0 aromatic heterocycles. The standard InChI is InChI=1S/C13H19NO2/c1-9(2)16-12-6-4-3-5-11(12)13(15)7-10(14)8-13/h3-6,9-10,15H,7-8,14H2,1-2H3. The van der Waals surface area contributed by atoms with E-state index in [-0.39, 0.29) is 12.1 Å². The van der Waals surface area contributed by atoms with E-state index in [4.69, 9.17) is 10.5 Å². The summed E-state index contributed by atoms with van der Waals surface area (Å²) in [7, 11) is 0. The van der Waals surface area contributed by atoms with Gasteiger partial charge in [0.15, 0.2) is 0 Å². The van der Waals surface area contributed by atoms with E-state index >= 15 is 0 Å². The third-order valence-corrected chi connectivity index (χ3v) is 2.95. The topological polar surface area (TPSA) is 55.5 Å². The molecule has 1 fully saturated rings. The molecule has 0 radical (unpaired) electrons. The smallest absolute Gasteiger partial charge is 0.125 e. The predicted molar refractivity (Wildman–Crippen MR) is 63.3 cm³/mol. The number of rotatable bonds is 3. The van der Waals surface area contributed by atoms with Crippen molar-refractivity contribution < 1.29 is 9.84 Å². The number of para-hydroxylation sites is 1. The molecule has 0 atom stereocenters. The highest BCUT2D eigenvalue weighted by Gasteiger charge is 2.43. The molecule has 1 aliphatic carbocycles. The van der Waals surface area contributed by atoms with Crippen molar-refractivity contribution in [1.82, 2.24) is 0 Å². The summed E-state index contributed by atoms with van der Waals surface area (Å²) in [6, 6.07) is 7.77. The van der Waals surface area contributed by atoms with Gasteiger partial charge in [0.25, 0.3) is 0 Å². The fraction of sp³-hybridized carbons (Fsp3) is 0.538. The highest BCUT2D eigenvalue weighted by atomic mass is 16.5. The van der Waals surface area contributed by atoms with Crippen LogP contribution in [0.15, 0.2) is 24.3 Å². The first-order valence-corrected chi connectivity index (χ1v) is 5.75. The third-order valence-electron chi connectivity index (χ3n) is 2.95. The maximum absolute atomic E-state index is 10.4. The molecular formula is C13H19NO2. The van der Waals surface area contributed by atoms with Gasteiger partial charge in [-0.05, 0) is 32.8 Å². The van der Waals surface area contributed by atoms with Gasteiger partial charge in [0.05, 0.1) is 11.7 Å². The molecule has 1 aliphatic rings. The fourth-order valence-corrected chi connectivity index (χ4v) is 2.24. The molecule has 1 aromatic carbocycles. The Morgan fingerprint density at radius 3 is 2.56 bits per heavy atom. The zero-order valence-corrected chi connectivity index (χ0v) is 9.81. The Morgan fingerprint density at radius 2 is 2.00 bits per heavy atom. The lowest BCUT2D eigenvalue weighted by Gasteiger charge is -2.42. The Labute approximate surface area is 96.2 Å². The van der Waals surface area contributed by atoms with E-state index in [9.17, 15) is 5.11 Å². The van der Waals surface area contributed by atoms with Gasteiger partial charge in [0, 0.05) is 11.6 Å². The Bertz CT molecular complexity index is 370. The van der Waals surface area contributed by atoms with Crippen LogP contribution in [0.3, 0.4) is 0 Å². The average molecular weight is 221 g/mol. The van der Waals surface area contributed by atoms with Gasteiger partial charge in [0.1, 0.15) is 5.75 Å². The number of benzene rings is 1. The molecule has 0 heterocycles. The van der Waals surface area contributed by atoms with Crippen LogP contribution in [-0.4, -0.2) is 17.3 Å². The molecule has 0 unspecified atom stereocenters. The minimum absolute atomic E-state index is 0.108. The summed E-state index contributed by atoms with van der Waals surface area (Å²) < 4.78 is 5.70. The van der Waals surface area contributed by atoms with E-state index in [1.54, 1.807) is 0 Å². The number of hydrogen-bond acceptors (Lipinski definition) is 3. The quantitative estimate of drug-likeness (QED) is 0.818. The molecule has 3 N–H and O–H groups in total. The molecule has 3 nitrogen and oxygen atoms in total. The lowest BCUT2D eigenvalue weighted by Crippen LogP contribution is -2.49. The largest absolute Gasteiger partial charge is 0.491 e. The second-order valence-corrected chi connectivity index (χ2v) is 4.86. The van der Waals surface area contributed by atoms with E-state index in [0.29, 0.717) is 12.8 Å². The van der Waals surface area contributed by atoms with Crippen molar-refractivity contribution in [3.05, 3.63) is 29.8 Å². The molecule has 0 saturated heterocycles. The zero-order valence-electron chi connectivity index (χ0n) is 9.81. The molecule has 0 amide bonds. The summed E-state index contributed by atoms with van der Waals surface area (Å²) in [5, 5.41) is 10.4. The van der Waals surface area contributed by atoms with Crippen molar-refractivity contribution in [2.45, 2.75) is 44.4 Å². The molecule has 0 aliphatic heterocycles. The van der Waals surface area contributed by atoms with Crippen LogP contribution in [0.2, 0.25) is 0 Å². The average Bonchev–Trinajstić information content (AvgIpc) is 2.15. The van der Waals surface area contributed by atoms with Gasteiger partial charge >= 0.3 is 0 Å². The SMILES string of the molecule is CC(C)Oc1ccccc1C1(O)CC(N)C1. The molecule has 1 aromatic rings. The van der Waals surface area contributed by atoms with Gasteiger partial charge in [-0.1, -0.05) is 18.2 Å². The molecule has 88 valence electrons. The molecule has 1 saturated carbocycles. The Kier molecular flexibility index (Phi) is 2.91. The first-order valence-electron chi connectivity index (χ1n) is 5.75. The summed E-state index contributed by atoms with van der Waals surface area (Å²) in [5.41, 5.74) is 5.82. The van der Waals surface area contributed by atoms with Crippen LogP contribution in [0.1, 0.15) is 32.3 Å². The van der Waals surface area contributed by atoms with Crippen LogP contribution in [0.5, 0.6) is 5.75 Å². The normalized spacial score (nSPS) is 28.9. The Balaban J connectivity index is 2.26. The third kappa shape index (κ3) is 2.06. The lowest BCUT2D eigenvalue weighted by atomic mass is 9.71. The van der Waals surface area contributed by atoms with E-state index in [2.05, 4.69) is 0 Å². The molecular weight excluding hydrogens is 202 g/mol. The van der Waals surface area contributed by atoms with E-state index in [1.807, 2.05) is 38.1 Å². The molecule has 0 spiro atoms. The lowest BCUT2D eigenvalue weighted by molar-refractivity contribution is -0.0545. The molecule has 3 heteroatoms. The highest BCUT2D eigenvalue weighted by molar-refractivity contribution is 5.40. The van der Waals surface area contributed by atoms with Crippen molar-refractivity contribution in [2.24, 2.45) is 5.73 Å². The van der Waals surface area contributed by atoms with Crippen LogP contribution in [-0.2, 0) is 5.60 Å². The van der Waals surface area contributed by atoms with Gasteiger partial charge in [-0.15, -0.1) is 0 Å². The van der Waals surface area contributed by atoms with Crippen molar-refractivity contribution in [2.75, 3.05) is 0 Å². The van der Waals surface area contributed by atoms with E-state index in [1.165, 1.54) is 0 Å². The maximum Gasteiger partial charge on any atom is 0.125 e. The number of ether oxygens (including phenoxy) is 1. The molecule has 2 rings (SSSR count). The van der Waals surface area contributed by atoms with Crippen molar-refractivity contribution >= 4 is 0 Å². The van der Waals surface area contributed by atoms with Gasteiger partial charge in [-0.3, -0.25) is 0 Å². The van der Waals surface area contributed by atoms with E-state index in [0.717, 1.165) is 11.3 Å². The van der Waals surface area contributed by atoms with Gasteiger partial charge in [-0.2, -0.15) is 0 Å². The first-order chi connectivity index (χ1) is 7.51. The minimum Gasteiger partial charge on any atom is -0.491 e. The van der Waals surface area contributed by atoms with Gasteiger partial charge in [-0.25, -0.2) is 0 Å². The van der Waals surface area contributed by atoms with Crippen molar-refractivity contribution in [3.63, 3.8) is 0 Å². The van der Waals surface area contributed by atoms with Crippen molar-refractivity contribution in [1.29, 1.82) is 0 Å². The summed E-state index contributed by atoms with van der Waals surface area (Å²) in [5.74, 6) is 0.770. The summed E-state index contributed by atoms with van der Waals surface area (Å²) in [6.07, 6.45) is 1.34. The number of nitrogens with two attached hydrogens (primary N) is 1. The second-order valence-electron chi connectivity index (χ2n) is 4.86. The number of hydrogen-bond donors (Lipinski definition) is 2. The maximum atomic E-state index is 10.4. The first kappa shape index (κ1) is 11.4. The zero-order chi connectivity index (χ0) is 11.8. The van der Waals surface area contributed by atoms with E-state index < -0.39 is 5.60 Å². The molecule has 0 bridgehead atoms. The van der Waals surface area contributed by atoms with Crippen molar-refractivity contribution in [3.8, 4) is 5.75 Å². The van der Waals surface area contributed by atoms with Crippen LogP contribution in [0.4, 0.5) is 0 Å². The van der Waals surface area contributed by atoms with Crippen LogP contribution >= 0.6 is 0 Å². The van der Waals surface area contributed by atoms with Crippen LogP contribution in [0.25, 0.3) is 0 Å². The van der Waals surface area contributed by atoms with Gasteiger partial charge < -0.3 is 15.6 Å². The monoisotopic (exact) mass is 221 g/mol. The summed E-state index contributed by atoms with van der Waals surface area (Å²) >= 11 is 0. The second kappa shape index (κ2) is 4.07. The van der Waals surface area contributed by atoms with Crippen LogP contribution < -0.4 is 10.5 Å².